The number of carbonyl (C=O) groups is 1. The largest absolute Gasteiger partial charge is 0.493 e. The van der Waals surface area contributed by atoms with Crippen LogP contribution in [0.5, 0.6) is 5.75 Å². The Kier molecular flexibility index (Phi) is 4.95. The van der Waals surface area contributed by atoms with Crippen molar-refractivity contribution in [3.63, 3.8) is 0 Å². The van der Waals surface area contributed by atoms with Gasteiger partial charge >= 0.3 is 5.97 Å². The maximum absolute atomic E-state index is 11.8. The fourth-order valence-corrected chi connectivity index (χ4v) is 2.90. The maximum Gasteiger partial charge on any atom is 0.309 e. The van der Waals surface area contributed by atoms with Crippen molar-refractivity contribution < 1.29 is 14.3 Å². The molecule has 3 rings (SSSR count). The second kappa shape index (κ2) is 7.31. The van der Waals surface area contributed by atoms with Crippen molar-refractivity contribution in [2.24, 2.45) is 0 Å². The molecule has 0 atom stereocenters. The van der Waals surface area contributed by atoms with Crippen LogP contribution in [0, 0.1) is 0 Å². The SMILES string of the molecule is O=C(CCOc1ccc2[nH]c(=O)ccc2c1)OC1CCCCC1. The van der Waals surface area contributed by atoms with E-state index in [1.165, 1.54) is 12.5 Å². The third-order valence-electron chi connectivity index (χ3n) is 4.12. The van der Waals surface area contributed by atoms with E-state index < -0.39 is 0 Å². The summed E-state index contributed by atoms with van der Waals surface area (Å²) in [6, 6.07) is 8.65. The van der Waals surface area contributed by atoms with Gasteiger partial charge in [0.15, 0.2) is 0 Å². The van der Waals surface area contributed by atoms with Gasteiger partial charge in [0.05, 0.1) is 13.0 Å². The van der Waals surface area contributed by atoms with E-state index in [9.17, 15) is 9.59 Å². The number of rotatable bonds is 5. The molecule has 1 aromatic heterocycles. The van der Waals surface area contributed by atoms with Crippen LogP contribution in [0.1, 0.15) is 38.5 Å². The lowest BCUT2D eigenvalue weighted by Crippen LogP contribution is -2.21. The first-order valence-electron chi connectivity index (χ1n) is 8.16. The highest BCUT2D eigenvalue weighted by atomic mass is 16.5. The highest BCUT2D eigenvalue weighted by molar-refractivity contribution is 5.79. The molecule has 0 bridgehead atoms. The number of pyridine rings is 1. The third kappa shape index (κ3) is 4.34. The molecule has 1 aliphatic rings. The molecule has 122 valence electrons. The van der Waals surface area contributed by atoms with Crippen molar-refractivity contribution in [3.8, 4) is 5.75 Å². The number of aromatic nitrogens is 1. The van der Waals surface area contributed by atoms with Crippen molar-refractivity contribution in [3.05, 3.63) is 40.7 Å². The van der Waals surface area contributed by atoms with Crippen LogP contribution in [0.25, 0.3) is 10.9 Å². The minimum atomic E-state index is -0.193. The zero-order valence-corrected chi connectivity index (χ0v) is 13.0. The molecule has 0 saturated heterocycles. The van der Waals surface area contributed by atoms with Gasteiger partial charge in [0.2, 0.25) is 5.56 Å². The van der Waals surface area contributed by atoms with E-state index in [0.717, 1.165) is 36.6 Å². The number of H-pyrrole nitrogens is 1. The normalized spacial score (nSPS) is 15.5. The standard InChI is InChI=1S/C18H21NO4/c20-17-9-6-13-12-15(7-8-16(13)19-17)22-11-10-18(21)23-14-4-2-1-3-5-14/h6-9,12,14H,1-5,10-11H2,(H,19,20). The number of aromatic amines is 1. The average molecular weight is 315 g/mol. The van der Waals surface area contributed by atoms with Gasteiger partial charge in [0, 0.05) is 17.0 Å². The Hall–Kier alpha value is -2.30. The first kappa shape index (κ1) is 15.6. The van der Waals surface area contributed by atoms with Gasteiger partial charge in [0.25, 0.3) is 0 Å². The molecular formula is C18H21NO4. The van der Waals surface area contributed by atoms with Crippen LogP contribution in [0.4, 0.5) is 0 Å². The topological polar surface area (TPSA) is 68.4 Å². The number of carbonyl (C=O) groups excluding carboxylic acids is 1. The maximum atomic E-state index is 11.8. The predicted octanol–water partition coefficient (Wildman–Crippen LogP) is 3.17. The predicted molar refractivity (Wildman–Crippen MR) is 87.6 cm³/mol. The van der Waals surface area contributed by atoms with Crippen molar-refractivity contribution in [2.75, 3.05) is 6.61 Å². The summed E-state index contributed by atoms with van der Waals surface area (Å²) in [5.74, 6) is 0.483. The van der Waals surface area contributed by atoms with Crippen LogP contribution in [0.2, 0.25) is 0 Å². The fourth-order valence-electron chi connectivity index (χ4n) is 2.90. The summed E-state index contributed by atoms with van der Waals surface area (Å²) >= 11 is 0. The molecule has 2 aromatic rings. The molecule has 1 aliphatic carbocycles. The Morgan fingerprint density at radius 2 is 1.96 bits per heavy atom. The fraction of sp³-hybridized carbons (Fsp3) is 0.444. The first-order chi connectivity index (χ1) is 11.2. The molecule has 23 heavy (non-hydrogen) atoms. The van der Waals surface area contributed by atoms with Crippen LogP contribution in [-0.2, 0) is 9.53 Å². The van der Waals surface area contributed by atoms with Gasteiger partial charge in [0.1, 0.15) is 11.9 Å². The highest BCUT2D eigenvalue weighted by Crippen LogP contribution is 2.21. The lowest BCUT2D eigenvalue weighted by atomic mass is 9.98. The van der Waals surface area contributed by atoms with Gasteiger partial charge in [-0.05, 0) is 49.9 Å². The quantitative estimate of drug-likeness (QED) is 0.861. The summed E-state index contributed by atoms with van der Waals surface area (Å²) in [6.07, 6.45) is 5.84. The number of ether oxygens (including phenoxy) is 2. The molecule has 1 aromatic carbocycles. The number of benzene rings is 1. The lowest BCUT2D eigenvalue weighted by molar-refractivity contribution is -0.151. The Morgan fingerprint density at radius 1 is 1.13 bits per heavy atom. The van der Waals surface area contributed by atoms with Gasteiger partial charge < -0.3 is 14.5 Å². The van der Waals surface area contributed by atoms with E-state index in [4.69, 9.17) is 9.47 Å². The number of nitrogens with one attached hydrogen (secondary N) is 1. The Morgan fingerprint density at radius 3 is 2.78 bits per heavy atom. The molecule has 1 fully saturated rings. The van der Waals surface area contributed by atoms with E-state index in [0.29, 0.717) is 12.4 Å². The van der Waals surface area contributed by atoms with Crippen LogP contribution >= 0.6 is 0 Å². The van der Waals surface area contributed by atoms with Crippen LogP contribution in [0.3, 0.4) is 0 Å². The Bertz CT molecular complexity index is 731. The second-order valence-corrected chi connectivity index (χ2v) is 5.92. The van der Waals surface area contributed by atoms with E-state index in [-0.39, 0.29) is 24.1 Å². The van der Waals surface area contributed by atoms with Crippen LogP contribution in [-0.4, -0.2) is 23.7 Å². The van der Waals surface area contributed by atoms with E-state index in [2.05, 4.69) is 4.98 Å². The number of hydrogen-bond donors (Lipinski definition) is 1. The number of esters is 1. The molecule has 0 radical (unpaired) electrons. The summed E-state index contributed by atoms with van der Waals surface area (Å²) < 4.78 is 11.1. The zero-order chi connectivity index (χ0) is 16.1. The summed E-state index contributed by atoms with van der Waals surface area (Å²) in [7, 11) is 0. The monoisotopic (exact) mass is 315 g/mol. The van der Waals surface area contributed by atoms with Crippen molar-refractivity contribution in [2.45, 2.75) is 44.6 Å². The van der Waals surface area contributed by atoms with E-state index >= 15 is 0 Å². The van der Waals surface area contributed by atoms with Gasteiger partial charge in [-0.1, -0.05) is 6.42 Å². The second-order valence-electron chi connectivity index (χ2n) is 5.92. The van der Waals surface area contributed by atoms with Gasteiger partial charge in [-0.15, -0.1) is 0 Å². The summed E-state index contributed by atoms with van der Waals surface area (Å²) in [5, 5.41) is 0.895. The molecule has 0 amide bonds. The minimum Gasteiger partial charge on any atom is -0.493 e. The Balaban J connectivity index is 1.49. The first-order valence-corrected chi connectivity index (χ1v) is 8.16. The molecule has 1 N–H and O–H groups in total. The number of hydrogen-bond acceptors (Lipinski definition) is 4. The van der Waals surface area contributed by atoms with Crippen molar-refractivity contribution in [1.82, 2.24) is 4.98 Å². The molecule has 0 spiro atoms. The van der Waals surface area contributed by atoms with Crippen molar-refractivity contribution in [1.29, 1.82) is 0 Å². The smallest absolute Gasteiger partial charge is 0.309 e. The molecule has 1 heterocycles. The molecule has 0 unspecified atom stereocenters. The lowest BCUT2D eigenvalue weighted by Gasteiger charge is -2.21. The summed E-state index contributed by atoms with van der Waals surface area (Å²) in [5.41, 5.74) is 0.637. The van der Waals surface area contributed by atoms with E-state index in [1.54, 1.807) is 18.2 Å². The molecule has 0 aliphatic heterocycles. The van der Waals surface area contributed by atoms with Gasteiger partial charge in [-0.2, -0.15) is 0 Å². The summed E-state index contributed by atoms with van der Waals surface area (Å²) in [6.45, 7) is 0.292. The third-order valence-corrected chi connectivity index (χ3v) is 4.12. The molecule has 1 saturated carbocycles. The molecule has 5 nitrogen and oxygen atoms in total. The molecule has 5 heteroatoms. The summed E-state index contributed by atoms with van der Waals surface area (Å²) in [4.78, 5) is 25.8. The van der Waals surface area contributed by atoms with Crippen LogP contribution < -0.4 is 10.3 Å². The Labute approximate surface area is 134 Å². The van der Waals surface area contributed by atoms with Gasteiger partial charge in [-0.25, -0.2) is 0 Å². The van der Waals surface area contributed by atoms with Crippen LogP contribution in [0.15, 0.2) is 35.1 Å². The molecular weight excluding hydrogens is 294 g/mol. The van der Waals surface area contributed by atoms with E-state index in [1.807, 2.05) is 6.07 Å². The average Bonchev–Trinajstić information content (AvgIpc) is 2.56. The highest BCUT2D eigenvalue weighted by Gasteiger charge is 2.17. The van der Waals surface area contributed by atoms with Crippen molar-refractivity contribution >= 4 is 16.9 Å². The minimum absolute atomic E-state index is 0.0914. The van der Waals surface area contributed by atoms with Gasteiger partial charge in [-0.3, -0.25) is 9.59 Å². The number of fused-ring (bicyclic) bond motifs is 1. The zero-order valence-electron chi connectivity index (χ0n) is 13.0.